The van der Waals surface area contributed by atoms with Crippen LogP contribution in [0.25, 0.3) is 0 Å². The molecule has 1 atom stereocenters. The van der Waals surface area contributed by atoms with Crippen molar-refractivity contribution in [3.05, 3.63) is 34.9 Å². The number of rotatable bonds is 7. The molecular weight excluding hydrogens is 244 g/mol. The van der Waals surface area contributed by atoms with Gasteiger partial charge in [0, 0.05) is 17.7 Å². The molecule has 0 spiro atoms. The number of nitrogens with one attached hydrogen (secondary N) is 1. The molecule has 1 unspecified atom stereocenters. The van der Waals surface area contributed by atoms with Crippen molar-refractivity contribution >= 4 is 0 Å². The van der Waals surface area contributed by atoms with Gasteiger partial charge < -0.3 is 5.32 Å². The summed E-state index contributed by atoms with van der Waals surface area (Å²) < 4.78 is 27.3. The molecule has 0 radical (unpaired) electrons. The molecule has 19 heavy (non-hydrogen) atoms. The lowest BCUT2D eigenvalue weighted by molar-refractivity contribution is 0.447. The molecule has 1 N–H and O–H groups in total. The molecule has 0 saturated heterocycles. The minimum absolute atomic E-state index is 0.0137. The molecule has 3 heteroatoms. The van der Waals surface area contributed by atoms with Crippen LogP contribution in [0.4, 0.5) is 8.78 Å². The Morgan fingerprint density at radius 1 is 1.26 bits per heavy atom. The zero-order valence-electron chi connectivity index (χ0n) is 11.8. The highest BCUT2D eigenvalue weighted by Gasteiger charge is 2.24. The first kappa shape index (κ1) is 14.4. The lowest BCUT2D eigenvalue weighted by atomic mass is 9.98. The summed E-state index contributed by atoms with van der Waals surface area (Å²) in [6, 6.07) is 2.69. The van der Waals surface area contributed by atoms with Crippen molar-refractivity contribution in [1.82, 2.24) is 5.32 Å². The highest BCUT2D eigenvalue weighted by Crippen LogP contribution is 2.36. The van der Waals surface area contributed by atoms with Gasteiger partial charge in [0.2, 0.25) is 0 Å². The van der Waals surface area contributed by atoms with Crippen molar-refractivity contribution in [3.63, 3.8) is 0 Å². The Balaban J connectivity index is 2.12. The van der Waals surface area contributed by atoms with Gasteiger partial charge in [-0.3, -0.25) is 0 Å². The smallest absolute Gasteiger partial charge is 0.130 e. The molecule has 0 aromatic heterocycles. The van der Waals surface area contributed by atoms with Gasteiger partial charge >= 0.3 is 0 Å². The fourth-order valence-corrected chi connectivity index (χ4v) is 2.44. The van der Waals surface area contributed by atoms with E-state index in [0.717, 1.165) is 37.8 Å². The van der Waals surface area contributed by atoms with Crippen LogP contribution in [0, 0.1) is 24.5 Å². The second-order valence-electron chi connectivity index (χ2n) is 5.65. The average molecular weight is 267 g/mol. The molecule has 0 amide bonds. The summed E-state index contributed by atoms with van der Waals surface area (Å²) in [5, 5.41) is 3.39. The second kappa shape index (κ2) is 6.47. The van der Waals surface area contributed by atoms with E-state index in [1.165, 1.54) is 12.8 Å². The first-order chi connectivity index (χ1) is 9.11. The summed E-state index contributed by atoms with van der Waals surface area (Å²) in [6.07, 6.45) is 5.71. The van der Waals surface area contributed by atoms with Crippen LogP contribution >= 0.6 is 0 Å². The van der Waals surface area contributed by atoms with Crippen LogP contribution in [0.3, 0.4) is 0 Å². The van der Waals surface area contributed by atoms with Gasteiger partial charge in [-0.1, -0.05) is 19.8 Å². The maximum Gasteiger partial charge on any atom is 0.130 e. The molecule has 1 aromatic carbocycles. The Morgan fingerprint density at radius 2 is 2.00 bits per heavy atom. The fourth-order valence-electron chi connectivity index (χ4n) is 2.44. The minimum atomic E-state index is -0.460. The first-order valence-electron chi connectivity index (χ1n) is 7.30. The summed E-state index contributed by atoms with van der Waals surface area (Å²) in [6.45, 7) is 4.65. The second-order valence-corrected chi connectivity index (χ2v) is 5.65. The van der Waals surface area contributed by atoms with Gasteiger partial charge in [0.1, 0.15) is 11.6 Å². The van der Waals surface area contributed by atoms with Gasteiger partial charge in [0.15, 0.2) is 0 Å². The van der Waals surface area contributed by atoms with E-state index in [1.807, 2.05) is 0 Å². The van der Waals surface area contributed by atoms with E-state index < -0.39 is 11.6 Å². The molecular formula is C16H23F2N. The lowest BCUT2D eigenvalue weighted by Crippen LogP contribution is -2.23. The normalized spacial score (nSPS) is 16.6. The number of hydrogen-bond donors (Lipinski definition) is 1. The Morgan fingerprint density at radius 3 is 2.63 bits per heavy atom. The van der Waals surface area contributed by atoms with Gasteiger partial charge in [0.05, 0.1) is 0 Å². The number of aryl methyl sites for hydroxylation is 1. The molecule has 0 aliphatic heterocycles. The van der Waals surface area contributed by atoms with Gasteiger partial charge in [0.25, 0.3) is 0 Å². The first-order valence-corrected chi connectivity index (χ1v) is 7.30. The van der Waals surface area contributed by atoms with Crippen molar-refractivity contribution in [2.45, 2.75) is 52.0 Å². The van der Waals surface area contributed by atoms with Crippen molar-refractivity contribution in [1.29, 1.82) is 0 Å². The maximum atomic E-state index is 14.0. The van der Waals surface area contributed by atoms with Crippen LogP contribution < -0.4 is 5.32 Å². The lowest BCUT2D eigenvalue weighted by Gasteiger charge is -2.20. The zero-order valence-corrected chi connectivity index (χ0v) is 11.8. The minimum Gasteiger partial charge on any atom is -0.310 e. The standard InChI is InChI=1S/C16H23F2N/c1-3-8-19-16(7-6-12-4-5-12)13-9-11(2)14(17)10-15(13)18/h9-10,12,16,19H,3-8H2,1-2H3. The van der Waals surface area contributed by atoms with E-state index in [1.54, 1.807) is 13.0 Å². The van der Waals surface area contributed by atoms with Crippen LogP contribution in [0.15, 0.2) is 12.1 Å². The predicted molar refractivity (Wildman–Crippen MR) is 74.1 cm³/mol. The number of hydrogen-bond acceptors (Lipinski definition) is 1. The third kappa shape index (κ3) is 4.00. The Labute approximate surface area is 114 Å². The van der Waals surface area contributed by atoms with Crippen molar-refractivity contribution < 1.29 is 8.78 Å². The van der Waals surface area contributed by atoms with E-state index in [2.05, 4.69) is 12.2 Å². The molecule has 1 aromatic rings. The SMILES string of the molecule is CCCNC(CCC1CC1)c1cc(C)c(F)cc1F. The Kier molecular flexibility index (Phi) is 4.92. The van der Waals surface area contributed by atoms with Gasteiger partial charge in [-0.2, -0.15) is 0 Å². The predicted octanol–water partition coefficient (Wildman–Crippen LogP) is 4.50. The quantitative estimate of drug-likeness (QED) is 0.766. The maximum absolute atomic E-state index is 14.0. The van der Waals surface area contributed by atoms with E-state index in [4.69, 9.17) is 0 Å². The van der Waals surface area contributed by atoms with Gasteiger partial charge in [-0.25, -0.2) is 8.78 Å². The van der Waals surface area contributed by atoms with Crippen molar-refractivity contribution in [2.24, 2.45) is 5.92 Å². The third-order valence-corrected chi connectivity index (χ3v) is 3.85. The summed E-state index contributed by atoms with van der Waals surface area (Å²) >= 11 is 0. The van der Waals surface area contributed by atoms with Crippen LogP contribution in [0.2, 0.25) is 0 Å². The van der Waals surface area contributed by atoms with E-state index in [9.17, 15) is 8.78 Å². The summed E-state index contributed by atoms with van der Waals surface area (Å²) in [4.78, 5) is 0. The van der Waals surface area contributed by atoms with Crippen molar-refractivity contribution in [3.8, 4) is 0 Å². The Hall–Kier alpha value is -0.960. The molecule has 106 valence electrons. The number of halogens is 2. The molecule has 1 aliphatic carbocycles. The molecule has 1 fully saturated rings. The molecule has 1 saturated carbocycles. The highest BCUT2D eigenvalue weighted by molar-refractivity contribution is 5.28. The highest BCUT2D eigenvalue weighted by atomic mass is 19.1. The monoisotopic (exact) mass is 267 g/mol. The molecule has 2 rings (SSSR count). The van der Waals surface area contributed by atoms with E-state index in [-0.39, 0.29) is 6.04 Å². The van der Waals surface area contributed by atoms with Crippen LogP contribution in [0.1, 0.15) is 56.2 Å². The van der Waals surface area contributed by atoms with E-state index in [0.29, 0.717) is 11.1 Å². The van der Waals surface area contributed by atoms with Crippen LogP contribution in [0.5, 0.6) is 0 Å². The van der Waals surface area contributed by atoms with E-state index >= 15 is 0 Å². The van der Waals surface area contributed by atoms with Crippen molar-refractivity contribution in [2.75, 3.05) is 6.54 Å². The summed E-state index contributed by atoms with van der Waals surface area (Å²) in [5.41, 5.74) is 1.14. The fraction of sp³-hybridized carbons (Fsp3) is 0.625. The van der Waals surface area contributed by atoms with Crippen LogP contribution in [-0.4, -0.2) is 6.54 Å². The molecule has 1 aliphatic rings. The topological polar surface area (TPSA) is 12.0 Å². The number of benzene rings is 1. The molecule has 0 heterocycles. The molecule has 1 nitrogen and oxygen atoms in total. The molecule has 0 bridgehead atoms. The van der Waals surface area contributed by atoms with Gasteiger partial charge in [-0.05, 0) is 50.3 Å². The largest absolute Gasteiger partial charge is 0.310 e. The van der Waals surface area contributed by atoms with Crippen LogP contribution in [-0.2, 0) is 0 Å². The Bertz CT molecular complexity index is 427. The third-order valence-electron chi connectivity index (χ3n) is 3.85. The van der Waals surface area contributed by atoms with Gasteiger partial charge in [-0.15, -0.1) is 0 Å². The summed E-state index contributed by atoms with van der Waals surface area (Å²) in [5.74, 6) is -0.0549. The summed E-state index contributed by atoms with van der Waals surface area (Å²) in [7, 11) is 0. The zero-order chi connectivity index (χ0) is 13.8. The average Bonchev–Trinajstić information content (AvgIpc) is 3.19.